The van der Waals surface area contributed by atoms with Crippen LogP contribution in [-0.4, -0.2) is 41.4 Å². The molecule has 4 nitrogen and oxygen atoms in total. The minimum Gasteiger partial charge on any atom is -0.448 e. The first-order valence-electron chi connectivity index (χ1n) is 10.0. The van der Waals surface area contributed by atoms with Gasteiger partial charge in [0.25, 0.3) is 0 Å². The van der Waals surface area contributed by atoms with E-state index in [0.29, 0.717) is 18.6 Å². The smallest absolute Gasteiger partial charge is 0.410 e. The predicted octanol–water partition coefficient (Wildman–Crippen LogP) is 4.17. The quantitative estimate of drug-likeness (QED) is 0.867. The van der Waals surface area contributed by atoms with Gasteiger partial charge in [-0.05, 0) is 53.9 Å². The Morgan fingerprint density at radius 2 is 1.59 bits per heavy atom. The van der Waals surface area contributed by atoms with Crippen LogP contribution < -0.4 is 0 Å². The number of carbonyl (C=O) groups is 1. The van der Waals surface area contributed by atoms with Gasteiger partial charge < -0.3 is 14.7 Å². The van der Waals surface area contributed by atoms with Crippen molar-refractivity contribution < 1.29 is 14.6 Å². The molecule has 4 heteroatoms. The zero-order valence-corrected chi connectivity index (χ0v) is 15.4. The molecule has 0 unspecified atom stereocenters. The maximum Gasteiger partial charge on any atom is 0.410 e. The lowest BCUT2D eigenvalue weighted by Gasteiger charge is -2.35. The van der Waals surface area contributed by atoms with Crippen molar-refractivity contribution in [3.05, 3.63) is 59.7 Å². The SMILES string of the molecule is O=C(OCC1c2ccccc2-c2ccccc21)N(CC1CC(O)C1)C1CC1. The van der Waals surface area contributed by atoms with Gasteiger partial charge in [-0.2, -0.15) is 0 Å². The molecule has 2 aromatic rings. The maximum atomic E-state index is 12.8. The Labute approximate surface area is 159 Å². The summed E-state index contributed by atoms with van der Waals surface area (Å²) >= 11 is 0. The molecule has 140 valence electrons. The van der Waals surface area contributed by atoms with Crippen molar-refractivity contribution in [2.24, 2.45) is 5.92 Å². The second-order valence-corrected chi connectivity index (χ2v) is 8.18. The van der Waals surface area contributed by atoms with Crippen molar-refractivity contribution in [3.63, 3.8) is 0 Å². The van der Waals surface area contributed by atoms with Gasteiger partial charge in [-0.3, -0.25) is 0 Å². The number of aliphatic hydroxyl groups is 1. The Kier molecular flexibility index (Phi) is 4.16. The van der Waals surface area contributed by atoms with Gasteiger partial charge in [-0.15, -0.1) is 0 Å². The zero-order valence-electron chi connectivity index (χ0n) is 15.4. The van der Waals surface area contributed by atoms with E-state index >= 15 is 0 Å². The van der Waals surface area contributed by atoms with Crippen LogP contribution in [0.15, 0.2) is 48.5 Å². The van der Waals surface area contributed by atoms with Crippen LogP contribution >= 0.6 is 0 Å². The van der Waals surface area contributed by atoms with Gasteiger partial charge >= 0.3 is 6.09 Å². The average Bonchev–Trinajstić information content (AvgIpc) is 3.45. The largest absolute Gasteiger partial charge is 0.448 e. The van der Waals surface area contributed by atoms with E-state index in [1.165, 1.54) is 22.3 Å². The number of fused-ring (bicyclic) bond motifs is 3. The Balaban J connectivity index is 1.30. The third-order valence-electron chi connectivity index (χ3n) is 6.22. The number of aliphatic hydroxyl groups excluding tert-OH is 1. The molecular formula is C23H25NO3. The lowest BCUT2D eigenvalue weighted by Crippen LogP contribution is -2.43. The fourth-order valence-electron chi connectivity index (χ4n) is 4.56. The van der Waals surface area contributed by atoms with E-state index < -0.39 is 0 Å². The van der Waals surface area contributed by atoms with E-state index in [4.69, 9.17) is 4.74 Å². The van der Waals surface area contributed by atoms with Crippen molar-refractivity contribution in [1.29, 1.82) is 0 Å². The summed E-state index contributed by atoms with van der Waals surface area (Å²) in [5.41, 5.74) is 4.98. The van der Waals surface area contributed by atoms with Crippen LogP contribution in [0.2, 0.25) is 0 Å². The van der Waals surface area contributed by atoms with Crippen LogP contribution in [0.5, 0.6) is 0 Å². The first-order chi connectivity index (χ1) is 13.2. The molecule has 0 saturated heterocycles. The fourth-order valence-corrected chi connectivity index (χ4v) is 4.56. The standard InChI is InChI=1S/C23H25NO3/c25-17-11-15(12-17)13-24(16-9-10-16)23(26)27-14-22-20-7-3-1-5-18(20)19-6-2-4-8-21(19)22/h1-8,15-17,22,25H,9-14H2. The number of benzene rings is 2. The monoisotopic (exact) mass is 363 g/mol. The lowest BCUT2D eigenvalue weighted by atomic mass is 9.82. The summed E-state index contributed by atoms with van der Waals surface area (Å²) in [4.78, 5) is 14.7. The highest BCUT2D eigenvalue weighted by Gasteiger charge is 2.39. The summed E-state index contributed by atoms with van der Waals surface area (Å²) in [6.45, 7) is 1.10. The molecule has 0 radical (unpaired) electrons. The van der Waals surface area contributed by atoms with Crippen LogP contribution in [0.4, 0.5) is 4.79 Å². The van der Waals surface area contributed by atoms with E-state index in [1.807, 2.05) is 4.90 Å². The number of nitrogens with zero attached hydrogens (tertiary/aromatic N) is 1. The minimum atomic E-state index is -0.194. The molecule has 5 rings (SSSR count). The van der Waals surface area contributed by atoms with Crippen molar-refractivity contribution in [2.45, 2.75) is 43.7 Å². The molecule has 0 heterocycles. The fraction of sp³-hybridized carbons (Fsp3) is 0.435. The van der Waals surface area contributed by atoms with Gasteiger partial charge in [0.15, 0.2) is 0 Å². The van der Waals surface area contributed by atoms with Crippen LogP contribution in [-0.2, 0) is 4.74 Å². The molecule has 0 spiro atoms. The van der Waals surface area contributed by atoms with Gasteiger partial charge in [0.2, 0.25) is 0 Å². The van der Waals surface area contributed by atoms with Gasteiger partial charge in [0.1, 0.15) is 6.61 Å². The molecule has 0 aromatic heterocycles. The van der Waals surface area contributed by atoms with Crippen molar-refractivity contribution in [2.75, 3.05) is 13.2 Å². The molecular weight excluding hydrogens is 338 g/mol. The normalized spacial score (nSPS) is 23.3. The highest BCUT2D eigenvalue weighted by atomic mass is 16.6. The molecule has 0 atom stereocenters. The van der Waals surface area contributed by atoms with Crippen LogP contribution in [0.3, 0.4) is 0 Å². The topological polar surface area (TPSA) is 49.8 Å². The number of amides is 1. The number of carbonyl (C=O) groups excluding carboxylic acids is 1. The number of hydrogen-bond donors (Lipinski definition) is 1. The highest BCUT2D eigenvalue weighted by Crippen LogP contribution is 2.44. The summed E-state index contributed by atoms with van der Waals surface area (Å²) < 4.78 is 5.82. The van der Waals surface area contributed by atoms with E-state index in [0.717, 1.165) is 32.2 Å². The van der Waals surface area contributed by atoms with Crippen molar-refractivity contribution >= 4 is 6.09 Å². The van der Waals surface area contributed by atoms with Gasteiger partial charge in [0, 0.05) is 18.5 Å². The zero-order chi connectivity index (χ0) is 18.4. The van der Waals surface area contributed by atoms with Gasteiger partial charge in [0.05, 0.1) is 6.10 Å². The summed E-state index contributed by atoms with van der Waals surface area (Å²) in [5.74, 6) is 0.522. The molecule has 1 N–H and O–H groups in total. The Morgan fingerprint density at radius 1 is 1.00 bits per heavy atom. The van der Waals surface area contributed by atoms with Gasteiger partial charge in [-0.1, -0.05) is 48.5 Å². The number of ether oxygens (including phenoxy) is 1. The van der Waals surface area contributed by atoms with Gasteiger partial charge in [-0.25, -0.2) is 4.79 Å². The third kappa shape index (κ3) is 3.12. The Bertz CT molecular complexity index is 809. The number of rotatable bonds is 5. The van der Waals surface area contributed by atoms with Crippen LogP contribution in [0.1, 0.15) is 42.7 Å². The average molecular weight is 363 g/mol. The Hall–Kier alpha value is -2.33. The first kappa shape index (κ1) is 16.8. The second kappa shape index (κ2) is 6.68. The van der Waals surface area contributed by atoms with E-state index in [1.54, 1.807) is 0 Å². The summed E-state index contributed by atoms with van der Waals surface area (Å²) in [6.07, 6.45) is 3.37. The van der Waals surface area contributed by atoms with E-state index in [2.05, 4.69) is 48.5 Å². The molecule has 1 amide bonds. The van der Waals surface area contributed by atoms with E-state index in [-0.39, 0.29) is 18.1 Å². The predicted molar refractivity (Wildman–Crippen MR) is 104 cm³/mol. The highest BCUT2D eigenvalue weighted by molar-refractivity contribution is 5.79. The molecule has 0 bridgehead atoms. The molecule has 3 aliphatic rings. The van der Waals surface area contributed by atoms with Crippen LogP contribution in [0.25, 0.3) is 11.1 Å². The summed E-state index contributed by atoms with van der Waals surface area (Å²) in [6, 6.07) is 17.1. The van der Waals surface area contributed by atoms with Crippen molar-refractivity contribution in [1.82, 2.24) is 4.90 Å². The molecule has 27 heavy (non-hydrogen) atoms. The minimum absolute atomic E-state index is 0.105. The third-order valence-corrected chi connectivity index (χ3v) is 6.22. The lowest BCUT2D eigenvalue weighted by molar-refractivity contribution is 0.0192. The summed E-state index contributed by atoms with van der Waals surface area (Å²) in [5, 5.41) is 9.52. The Morgan fingerprint density at radius 3 is 2.15 bits per heavy atom. The maximum absolute atomic E-state index is 12.8. The first-order valence-corrected chi connectivity index (χ1v) is 10.0. The summed E-state index contributed by atoms with van der Waals surface area (Å²) in [7, 11) is 0. The molecule has 3 aliphatic carbocycles. The van der Waals surface area contributed by atoms with Crippen molar-refractivity contribution in [3.8, 4) is 11.1 Å². The van der Waals surface area contributed by atoms with Crippen LogP contribution in [0, 0.1) is 5.92 Å². The molecule has 2 fully saturated rings. The van der Waals surface area contributed by atoms with E-state index in [9.17, 15) is 9.90 Å². The molecule has 2 aromatic carbocycles. The molecule has 0 aliphatic heterocycles. The second-order valence-electron chi connectivity index (χ2n) is 8.18. The molecule has 2 saturated carbocycles. The number of hydrogen-bond acceptors (Lipinski definition) is 3.